The van der Waals surface area contributed by atoms with Crippen LogP contribution in [0.2, 0.25) is 0 Å². The zero-order valence-corrected chi connectivity index (χ0v) is 10.7. The molecule has 8 nitrogen and oxygen atoms in total. The molecule has 0 N–H and O–H groups in total. The zero-order valence-electron chi connectivity index (χ0n) is 10.7. The molecule has 0 amide bonds. The molecule has 0 spiro atoms. The molecule has 0 aliphatic rings. The van der Waals surface area contributed by atoms with Crippen molar-refractivity contribution in [3.05, 3.63) is 52.3 Å². The summed E-state index contributed by atoms with van der Waals surface area (Å²) in [4.78, 5) is 25.5. The molecule has 1 heterocycles. The van der Waals surface area contributed by atoms with E-state index < -0.39 is 22.9 Å². The van der Waals surface area contributed by atoms with E-state index in [0.717, 1.165) is 11.0 Å². The van der Waals surface area contributed by atoms with Crippen molar-refractivity contribution in [2.75, 3.05) is 6.61 Å². The smallest absolute Gasteiger partial charge is 0.464 e. The predicted octanol–water partition coefficient (Wildman–Crippen LogP) is 1.34. The van der Waals surface area contributed by atoms with Gasteiger partial charge in [0, 0.05) is 5.10 Å². The first kappa shape index (κ1) is 13.7. The molecule has 1 unspecified atom stereocenters. The van der Waals surface area contributed by atoms with Gasteiger partial charge in [0.05, 0.1) is 6.61 Å². The molecule has 0 aliphatic heterocycles. The van der Waals surface area contributed by atoms with Crippen molar-refractivity contribution < 1.29 is 14.5 Å². The quantitative estimate of drug-likeness (QED) is 0.464. The standard InChI is InChI=1S/C12H12N4O4/c1-2-20-11(17)10(9-6-4-3-5-7-9)15-8-13-12(14-15)16(18)19/h3-8,10H,2H2,1H3. The Labute approximate surface area is 114 Å². The van der Waals surface area contributed by atoms with Crippen molar-refractivity contribution in [3.63, 3.8) is 0 Å². The monoisotopic (exact) mass is 276 g/mol. The average molecular weight is 276 g/mol. The van der Waals surface area contributed by atoms with Gasteiger partial charge >= 0.3 is 11.9 Å². The number of hydrogen-bond donors (Lipinski definition) is 0. The van der Waals surface area contributed by atoms with Gasteiger partial charge in [-0.05, 0) is 17.4 Å². The number of benzene rings is 1. The van der Waals surface area contributed by atoms with Crippen molar-refractivity contribution >= 4 is 11.9 Å². The highest BCUT2D eigenvalue weighted by molar-refractivity contribution is 5.77. The highest BCUT2D eigenvalue weighted by Crippen LogP contribution is 2.20. The Kier molecular flexibility index (Phi) is 4.04. The van der Waals surface area contributed by atoms with Gasteiger partial charge in [-0.15, -0.1) is 0 Å². The van der Waals surface area contributed by atoms with Crippen LogP contribution in [-0.2, 0) is 9.53 Å². The maximum atomic E-state index is 12.0. The Morgan fingerprint density at radius 2 is 2.15 bits per heavy atom. The number of carbonyl (C=O) groups is 1. The first-order chi connectivity index (χ1) is 9.63. The molecule has 1 aromatic heterocycles. The third-order valence-corrected chi connectivity index (χ3v) is 2.55. The minimum absolute atomic E-state index is 0.207. The van der Waals surface area contributed by atoms with Gasteiger partial charge in [0.25, 0.3) is 0 Å². The van der Waals surface area contributed by atoms with Crippen molar-refractivity contribution in [2.24, 2.45) is 0 Å². The van der Waals surface area contributed by atoms with Crippen LogP contribution in [0, 0.1) is 10.1 Å². The molecule has 0 saturated heterocycles. The first-order valence-corrected chi connectivity index (χ1v) is 5.90. The van der Waals surface area contributed by atoms with Crippen LogP contribution in [-0.4, -0.2) is 32.3 Å². The lowest BCUT2D eigenvalue weighted by Crippen LogP contribution is -2.23. The molecule has 1 atom stereocenters. The van der Waals surface area contributed by atoms with Crippen LogP contribution in [0.4, 0.5) is 5.95 Å². The molecule has 20 heavy (non-hydrogen) atoms. The minimum atomic E-state index is -0.891. The molecule has 2 rings (SSSR count). The van der Waals surface area contributed by atoms with Gasteiger partial charge in [-0.2, -0.15) is 4.68 Å². The number of esters is 1. The fraction of sp³-hybridized carbons (Fsp3) is 0.250. The first-order valence-electron chi connectivity index (χ1n) is 5.90. The van der Waals surface area contributed by atoms with E-state index in [-0.39, 0.29) is 6.61 Å². The third-order valence-electron chi connectivity index (χ3n) is 2.55. The lowest BCUT2D eigenvalue weighted by atomic mass is 10.1. The minimum Gasteiger partial charge on any atom is -0.464 e. The molecule has 8 heteroatoms. The summed E-state index contributed by atoms with van der Waals surface area (Å²) < 4.78 is 6.12. The fourth-order valence-corrected chi connectivity index (χ4v) is 1.73. The second-order valence-electron chi connectivity index (χ2n) is 3.85. The van der Waals surface area contributed by atoms with Crippen LogP contribution in [0.5, 0.6) is 0 Å². The molecule has 2 aromatic rings. The van der Waals surface area contributed by atoms with E-state index in [0.29, 0.717) is 5.56 Å². The highest BCUT2D eigenvalue weighted by atomic mass is 16.6. The van der Waals surface area contributed by atoms with Gasteiger partial charge in [0.1, 0.15) is 0 Å². The molecular weight excluding hydrogens is 264 g/mol. The van der Waals surface area contributed by atoms with Crippen molar-refractivity contribution in [3.8, 4) is 0 Å². The predicted molar refractivity (Wildman–Crippen MR) is 67.9 cm³/mol. The molecule has 104 valence electrons. The second kappa shape index (κ2) is 5.91. The molecular formula is C12H12N4O4. The van der Waals surface area contributed by atoms with Crippen molar-refractivity contribution in [2.45, 2.75) is 13.0 Å². The number of carbonyl (C=O) groups excluding carboxylic acids is 1. The van der Waals surface area contributed by atoms with Gasteiger partial charge in [-0.1, -0.05) is 35.3 Å². The summed E-state index contributed by atoms with van der Waals surface area (Å²) in [6.45, 7) is 1.89. The van der Waals surface area contributed by atoms with Crippen LogP contribution in [0.25, 0.3) is 0 Å². The maximum Gasteiger partial charge on any atom is 0.490 e. The topological polar surface area (TPSA) is 100 Å². The van der Waals surface area contributed by atoms with Gasteiger partial charge < -0.3 is 14.9 Å². The van der Waals surface area contributed by atoms with E-state index in [9.17, 15) is 14.9 Å². The number of hydrogen-bond acceptors (Lipinski definition) is 6. The van der Waals surface area contributed by atoms with E-state index >= 15 is 0 Å². The zero-order chi connectivity index (χ0) is 14.5. The summed E-state index contributed by atoms with van der Waals surface area (Å²) in [5.41, 5.74) is 0.616. The van der Waals surface area contributed by atoms with Crippen molar-refractivity contribution in [1.82, 2.24) is 14.8 Å². The summed E-state index contributed by atoms with van der Waals surface area (Å²) >= 11 is 0. The summed E-state index contributed by atoms with van der Waals surface area (Å²) in [6, 6.07) is 7.86. The molecule has 0 fully saturated rings. The third kappa shape index (κ3) is 2.79. The van der Waals surface area contributed by atoms with E-state index in [1.54, 1.807) is 37.3 Å². The fourth-order valence-electron chi connectivity index (χ4n) is 1.73. The lowest BCUT2D eigenvalue weighted by Gasteiger charge is -2.13. The normalized spacial score (nSPS) is 11.8. The molecule has 0 bridgehead atoms. The SMILES string of the molecule is CCOC(=O)C(c1ccccc1)n1cnc([N+](=O)[O-])n1. The largest absolute Gasteiger partial charge is 0.490 e. The van der Waals surface area contributed by atoms with Crippen LogP contribution in [0.15, 0.2) is 36.7 Å². The summed E-state index contributed by atoms with van der Waals surface area (Å²) in [5, 5.41) is 14.3. The summed E-state index contributed by atoms with van der Waals surface area (Å²) in [5.74, 6) is -1.10. The number of nitro groups is 1. The second-order valence-corrected chi connectivity index (χ2v) is 3.85. The van der Waals surface area contributed by atoms with Crippen LogP contribution in [0.3, 0.4) is 0 Å². The number of rotatable bonds is 5. The molecule has 0 radical (unpaired) electrons. The lowest BCUT2D eigenvalue weighted by molar-refractivity contribution is -0.394. The van der Waals surface area contributed by atoms with E-state index in [2.05, 4.69) is 10.1 Å². The Hall–Kier alpha value is -2.77. The number of ether oxygens (including phenoxy) is 1. The Morgan fingerprint density at radius 3 is 2.70 bits per heavy atom. The van der Waals surface area contributed by atoms with Crippen LogP contribution < -0.4 is 0 Å². The van der Waals surface area contributed by atoms with Gasteiger partial charge in [0.2, 0.25) is 6.33 Å². The van der Waals surface area contributed by atoms with E-state index in [1.165, 1.54) is 0 Å². The molecule has 0 saturated carbocycles. The summed E-state index contributed by atoms with van der Waals surface area (Å²) in [6.07, 6.45) is 1.15. The highest BCUT2D eigenvalue weighted by Gasteiger charge is 2.29. The van der Waals surface area contributed by atoms with E-state index in [1.807, 2.05) is 0 Å². The Balaban J connectivity index is 2.40. The molecule has 0 aliphatic carbocycles. The number of nitrogens with zero attached hydrogens (tertiary/aromatic N) is 4. The van der Waals surface area contributed by atoms with Gasteiger partial charge in [-0.25, -0.2) is 4.79 Å². The van der Waals surface area contributed by atoms with Crippen molar-refractivity contribution in [1.29, 1.82) is 0 Å². The average Bonchev–Trinajstić information content (AvgIpc) is 2.90. The maximum absolute atomic E-state index is 12.0. The van der Waals surface area contributed by atoms with Crippen LogP contribution in [0.1, 0.15) is 18.5 Å². The van der Waals surface area contributed by atoms with E-state index in [4.69, 9.17) is 4.74 Å². The van der Waals surface area contributed by atoms with Crippen LogP contribution >= 0.6 is 0 Å². The van der Waals surface area contributed by atoms with Gasteiger partial charge in [-0.3, -0.25) is 0 Å². The molecule has 1 aromatic carbocycles. The summed E-state index contributed by atoms with van der Waals surface area (Å²) in [7, 11) is 0. The number of aromatic nitrogens is 3. The van der Waals surface area contributed by atoms with Gasteiger partial charge in [0.15, 0.2) is 6.04 Å². The Morgan fingerprint density at radius 1 is 1.45 bits per heavy atom. The Bertz CT molecular complexity index is 611.